The molecule has 0 saturated heterocycles. The molecule has 0 radical (unpaired) electrons. The number of hydrogen-bond acceptors (Lipinski definition) is 5. The summed E-state index contributed by atoms with van der Waals surface area (Å²) in [6.45, 7) is 1.65. The number of ketones is 1. The van der Waals surface area contributed by atoms with Crippen molar-refractivity contribution >= 4 is 33.2 Å². The monoisotopic (exact) mass is 358 g/mol. The largest absolute Gasteiger partial charge is 0.489 e. The number of benzene rings is 2. The summed E-state index contributed by atoms with van der Waals surface area (Å²) in [5, 5.41) is 0.670. The molecule has 0 atom stereocenters. The summed E-state index contributed by atoms with van der Waals surface area (Å²) in [5.74, 6) is -0.457. The van der Waals surface area contributed by atoms with Crippen molar-refractivity contribution in [2.24, 2.45) is 0 Å². The van der Waals surface area contributed by atoms with Crippen molar-refractivity contribution in [3.8, 4) is 5.75 Å². The van der Waals surface area contributed by atoms with Gasteiger partial charge in [0.1, 0.15) is 29.7 Å². The van der Waals surface area contributed by atoms with E-state index in [1.54, 1.807) is 36.4 Å². The van der Waals surface area contributed by atoms with Gasteiger partial charge in [-0.3, -0.25) is 4.79 Å². The molecule has 0 aliphatic heterocycles. The first-order chi connectivity index (χ1) is 12.0. The van der Waals surface area contributed by atoms with Crippen molar-refractivity contribution in [1.29, 1.82) is 0 Å². The van der Waals surface area contributed by atoms with Gasteiger partial charge >= 0.3 is 5.97 Å². The van der Waals surface area contributed by atoms with Crippen LogP contribution >= 0.6 is 11.3 Å². The fourth-order valence-corrected chi connectivity index (χ4v) is 3.29. The summed E-state index contributed by atoms with van der Waals surface area (Å²) >= 11 is 1.25. The lowest BCUT2D eigenvalue weighted by Gasteiger charge is -2.09. The zero-order valence-corrected chi connectivity index (χ0v) is 14.3. The Kier molecular flexibility index (Phi) is 5.09. The molecular formula is C19H15FO4S. The minimum absolute atomic E-state index is 0.0493. The first-order valence-electron chi connectivity index (χ1n) is 7.63. The van der Waals surface area contributed by atoms with Crippen molar-refractivity contribution in [2.75, 3.05) is 13.2 Å². The molecule has 25 heavy (non-hydrogen) atoms. The molecule has 0 saturated carbocycles. The lowest BCUT2D eigenvalue weighted by Crippen LogP contribution is -2.12. The molecule has 3 aromatic rings. The van der Waals surface area contributed by atoms with Crippen LogP contribution in [0, 0.1) is 5.82 Å². The van der Waals surface area contributed by atoms with Gasteiger partial charge in [0.2, 0.25) is 0 Å². The molecule has 6 heteroatoms. The van der Waals surface area contributed by atoms with Crippen LogP contribution in [-0.2, 0) is 4.74 Å². The summed E-state index contributed by atoms with van der Waals surface area (Å²) in [6.07, 6.45) is 0. The van der Waals surface area contributed by atoms with E-state index < -0.39 is 5.97 Å². The van der Waals surface area contributed by atoms with Crippen LogP contribution in [0.4, 0.5) is 4.39 Å². The maximum atomic E-state index is 13.2. The van der Waals surface area contributed by atoms with Crippen LogP contribution in [-0.4, -0.2) is 25.0 Å². The second kappa shape index (κ2) is 7.44. The van der Waals surface area contributed by atoms with Gasteiger partial charge < -0.3 is 9.47 Å². The van der Waals surface area contributed by atoms with Crippen molar-refractivity contribution in [3.63, 3.8) is 0 Å². The van der Waals surface area contributed by atoms with Crippen molar-refractivity contribution in [1.82, 2.24) is 0 Å². The molecule has 2 aromatic carbocycles. The van der Waals surface area contributed by atoms with Gasteiger partial charge in [-0.1, -0.05) is 12.1 Å². The Morgan fingerprint density at radius 2 is 1.88 bits per heavy atom. The number of esters is 1. The molecule has 0 aliphatic rings. The fraction of sp³-hybridized carbons (Fsp3) is 0.158. The van der Waals surface area contributed by atoms with E-state index >= 15 is 0 Å². The van der Waals surface area contributed by atoms with Gasteiger partial charge in [-0.05, 0) is 48.7 Å². The molecule has 4 nitrogen and oxygen atoms in total. The zero-order valence-electron chi connectivity index (χ0n) is 13.5. The van der Waals surface area contributed by atoms with Crippen molar-refractivity contribution < 1.29 is 23.5 Å². The Hall–Kier alpha value is -2.73. The minimum Gasteiger partial charge on any atom is -0.489 e. The Balaban J connectivity index is 1.56. The number of fused-ring (bicyclic) bond motifs is 1. The summed E-state index contributed by atoms with van der Waals surface area (Å²) in [5.41, 5.74) is 0.486. The highest BCUT2D eigenvalue weighted by Gasteiger charge is 2.13. The van der Waals surface area contributed by atoms with Gasteiger partial charge in [0.15, 0.2) is 5.78 Å². The summed E-state index contributed by atoms with van der Waals surface area (Å²) in [6, 6.07) is 12.9. The third-order valence-corrected chi connectivity index (χ3v) is 4.62. The number of carbonyl (C=O) groups is 2. The van der Waals surface area contributed by atoms with E-state index in [4.69, 9.17) is 9.47 Å². The highest BCUT2D eigenvalue weighted by Crippen LogP contribution is 2.26. The third-order valence-electron chi connectivity index (χ3n) is 3.52. The molecule has 128 valence electrons. The Bertz CT molecular complexity index is 932. The van der Waals surface area contributed by atoms with Gasteiger partial charge in [0.25, 0.3) is 0 Å². The topological polar surface area (TPSA) is 52.6 Å². The second-order valence-corrected chi connectivity index (χ2v) is 6.41. The van der Waals surface area contributed by atoms with Gasteiger partial charge in [-0.25, -0.2) is 9.18 Å². The van der Waals surface area contributed by atoms with Crippen LogP contribution in [0.25, 0.3) is 10.1 Å². The van der Waals surface area contributed by atoms with Crippen molar-refractivity contribution in [3.05, 3.63) is 64.8 Å². The number of thiophene rings is 1. The van der Waals surface area contributed by atoms with Crippen LogP contribution in [0.5, 0.6) is 5.75 Å². The quantitative estimate of drug-likeness (QED) is 0.370. The maximum absolute atomic E-state index is 13.2. The fourth-order valence-electron chi connectivity index (χ4n) is 2.36. The average Bonchev–Trinajstić information content (AvgIpc) is 3.02. The van der Waals surface area contributed by atoms with Crippen LogP contribution in [0.15, 0.2) is 48.5 Å². The molecule has 0 aliphatic carbocycles. The van der Waals surface area contributed by atoms with E-state index in [2.05, 4.69) is 0 Å². The molecule has 0 amide bonds. The van der Waals surface area contributed by atoms with E-state index in [1.165, 1.54) is 30.4 Å². The molecule has 1 aromatic heterocycles. The number of carbonyl (C=O) groups excluding carboxylic acids is 2. The first-order valence-corrected chi connectivity index (χ1v) is 8.45. The summed E-state index contributed by atoms with van der Waals surface area (Å²) in [4.78, 5) is 24.0. The van der Waals surface area contributed by atoms with Crippen LogP contribution in [0.3, 0.4) is 0 Å². The normalized spacial score (nSPS) is 10.6. The Labute approximate surface area is 147 Å². The predicted octanol–water partition coefficient (Wildman–Crippen LogP) is 4.48. The standard InChI is InChI=1S/C19H15FO4S/c1-12(21)15-4-2-3-5-16(15)23-8-9-24-19(22)18-11-13-10-14(20)6-7-17(13)25-18/h2-7,10-11H,8-9H2,1H3. The predicted molar refractivity (Wildman–Crippen MR) is 94.0 cm³/mol. The molecule has 0 spiro atoms. The number of rotatable bonds is 6. The third kappa shape index (κ3) is 4.03. The van der Waals surface area contributed by atoms with E-state index in [0.29, 0.717) is 21.6 Å². The second-order valence-electron chi connectivity index (χ2n) is 5.33. The molecule has 0 bridgehead atoms. The molecule has 3 rings (SSSR count). The SMILES string of the molecule is CC(=O)c1ccccc1OCCOC(=O)c1cc2cc(F)ccc2s1. The molecule has 0 N–H and O–H groups in total. The average molecular weight is 358 g/mol. The highest BCUT2D eigenvalue weighted by atomic mass is 32.1. The number of Topliss-reactive ketones (excluding diaryl/α,β-unsaturated/α-hetero) is 1. The summed E-state index contributed by atoms with van der Waals surface area (Å²) < 4.78 is 24.7. The number of hydrogen-bond donors (Lipinski definition) is 0. The molecule has 0 unspecified atom stereocenters. The Morgan fingerprint density at radius 1 is 1.08 bits per heavy atom. The summed E-state index contributed by atoms with van der Waals surface area (Å²) in [7, 11) is 0. The lowest BCUT2D eigenvalue weighted by atomic mass is 10.1. The maximum Gasteiger partial charge on any atom is 0.348 e. The van der Waals surface area contributed by atoms with E-state index in [-0.39, 0.29) is 24.8 Å². The van der Waals surface area contributed by atoms with Crippen LogP contribution < -0.4 is 4.74 Å². The van der Waals surface area contributed by atoms with Gasteiger partial charge in [0.05, 0.1) is 5.56 Å². The Morgan fingerprint density at radius 3 is 2.68 bits per heavy atom. The van der Waals surface area contributed by atoms with Gasteiger partial charge in [-0.15, -0.1) is 11.3 Å². The molecule has 0 fully saturated rings. The van der Waals surface area contributed by atoms with E-state index in [1.807, 2.05) is 0 Å². The zero-order chi connectivity index (χ0) is 17.8. The highest BCUT2D eigenvalue weighted by molar-refractivity contribution is 7.20. The number of ether oxygens (including phenoxy) is 2. The first kappa shape index (κ1) is 17.1. The number of para-hydroxylation sites is 1. The number of halogens is 1. The minimum atomic E-state index is -0.481. The van der Waals surface area contributed by atoms with Crippen molar-refractivity contribution in [2.45, 2.75) is 6.92 Å². The van der Waals surface area contributed by atoms with E-state index in [0.717, 1.165) is 4.70 Å². The van der Waals surface area contributed by atoms with Crippen LogP contribution in [0.1, 0.15) is 27.0 Å². The molecule has 1 heterocycles. The van der Waals surface area contributed by atoms with Crippen LogP contribution in [0.2, 0.25) is 0 Å². The lowest BCUT2D eigenvalue weighted by molar-refractivity contribution is 0.0455. The van der Waals surface area contributed by atoms with Gasteiger partial charge in [0, 0.05) is 4.70 Å². The molecular weight excluding hydrogens is 343 g/mol. The van der Waals surface area contributed by atoms with E-state index in [9.17, 15) is 14.0 Å². The van der Waals surface area contributed by atoms with Gasteiger partial charge in [-0.2, -0.15) is 0 Å². The smallest absolute Gasteiger partial charge is 0.348 e.